The first-order valence-electron chi connectivity index (χ1n) is 9.73. The third-order valence-electron chi connectivity index (χ3n) is 5.44. The van der Waals surface area contributed by atoms with E-state index in [9.17, 15) is 4.79 Å². The van der Waals surface area contributed by atoms with Gasteiger partial charge in [-0.05, 0) is 42.7 Å². The fourth-order valence-corrected chi connectivity index (χ4v) is 3.90. The summed E-state index contributed by atoms with van der Waals surface area (Å²) >= 11 is 0. The number of methoxy groups -OCH3 is 1. The van der Waals surface area contributed by atoms with E-state index >= 15 is 0 Å². The van der Waals surface area contributed by atoms with E-state index in [-0.39, 0.29) is 11.8 Å². The van der Waals surface area contributed by atoms with Crippen LogP contribution in [-0.4, -0.2) is 35.7 Å². The van der Waals surface area contributed by atoms with Gasteiger partial charge in [-0.25, -0.2) is 4.98 Å². The molecule has 4 rings (SSSR count). The smallest absolute Gasteiger partial charge is 0.225 e. The number of nitrogens with one attached hydrogen (secondary N) is 1. The third-order valence-corrected chi connectivity index (χ3v) is 5.44. The number of aryl methyl sites for hydroxylation is 1. The van der Waals surface area contributed by atoms with Crippen LogP contribution in [0.2, 0.25) is 0 Å². The molecule has 1 aliphatic heterocycles. The van der Waals surface area contributed by atoms with E-state index in [2.05, 4.69) is 20.9 Å². The van der Waals surface area contributed by atoms with E-state index in [0.29, 0.717) is 13.1 Å². The second-order valence-electron chi connectivity index (χ2n) is 7.31. The Morgan fingerprint density at radius 2 is 2.11 bits per heavy atom. The van der Waals surface area contributed by atoms with Gasteiger partial charge in [-0.1, -0.05) is 24.3 Å². The molecule has 0 saturated carbocycles. The highest BCUT2D eigenvalue weighted by Gasteiger charge is 2.28. The first-order valence-corrected chi connectivity index (χ1v) is 9.73. The van der Waals surface area contributed by atoms with Crippen LogP contribution in [0.15, 0.2) is 48.5 Å². The van der Waals surface area contributed by atoms with Gasteiger partial charge in [0.05, 0.1) is 24.1 Å². The average molecular weight is 378 g/mol. The summed E-state index contributed by atoms with van der Waals surface area (Å²) in [5.41, 5.74) is 3.14. The van der Waals surface area contributed by atoms with Gasteiger partial charge in [-0.3, -0.25) is 4.79 Å². The van der Waals surface area contributed by atoms with Crippen LogP contribution in [0.25, 0.3) is 11.0 Å². The highest BCUT2D eigenvalue weighted by Crippen LogP contribution is 2.26. The Balaban J connectivity index is 1.42. The molecule has 1 N–H and O–H groups in total. The Hall–Kier alpha value is -3.02. The number of aromatic nitrogens is 2. The molecule has 1 unspecified atom stereocenters. The fourth-order valence-electron chi connectivity index (χ4n) is 3.90. The summed E-state index contributed by atoms with van der Waals surface area (Å²) in [6.45, 7) is 2.14. The molecule has 3 aromatic rings. The minimum absolute atomic E-state index is 0.0285. The van der Waals surface area contributed by atoms with Gasteiger partial charge in [0, 0.05) is 26.7 Å². The highest BCUT2D eigenvalue weighted by molar-refractivity contribution is 5.81. The van der Waals surface area contributed by atoms with Crippen molar-refractivity contribution in [1.29, 1.82) is 0 Å². The molecule has 0 bridgehead atoms. The second-order valence-corrected chi connectivity index (χ2v) is 7.31. The maximum absolute atomic E-state index is 12.8. The maximum atomic E-state index is 12.8. The van der Waals surface area contributed by atoms with Crippen molar-refractivity contribution in [2.45, 2.75) is 19.4 Å². The van der Waals surface area contributed by atoms with Crippen LogP contribution >= 0.6 is 0 Å². The summed E-state index contributed by atoms with van der Waals surface area (Å²) in [7, 11) is 3.69. The summed E-state index contributed by atoms with van der Waals surface area (Å²) in [5.74, 6) is 1.81. The molecule has 0 aliphatic carbocycles. The van der Waals surface area contributed by atoms with Crippen LogP contribution in [0.1, 0.15) is 18.4 Å². The van der Waals surface area contributed by atoms with Crippen LogP contribution in [0.5, 0.6) is 5.75 Å². The lowest BCUT2D eigenvalue weighted by Crippen LogP contribution is -2.43. The molecule has 28 heavy (non-hydrogen) atoms. The van der Waals surface area contributed by atoms with Gasteiger partial charge in [-0.15, -0.1) is 0 Å². The largest absolute Gasteiger partial charge is 0.497 e. The van der Waals surface area contributed by atoms with Gasteiger partial charge in [0.15, 0.2) is 0 Å². The van der Waals surface area contributed by atoms with Gasteiger partial charge >= 0.3 is 0 Å². The van der Waals surface area contributed by atoms with Crippen molar-refractivity contribution in [3.05, 3.63) is 54.1 Å². The Labute approximate surface area is 165 Å². The highest BCUT2D eigenvalue weighted by atomic mass is 16.5. The van der Waals surface area contributed by atoms with Crippen molar-refractivity contribution in [2.24, 2.45) is 13.0 Å². The molecule has 1 fully saturated rings. The summed E-state index contributed by atoms with van der Waals surface area (Å²) in [6, 6.07) is 15.9. The Morgan fingerprint density at radius 1 is 1.25 bits per heavy atom. The van der Waals surface area contributed by atoms with E-state index in [1.165, 1.54) is 0 Å². The molecular weight excluding hydrogens is 352 g/mol. The number of para-hydroxylation sites is 2. The number of anilines is 1. The lowest BCUT2D eigenvalue weighted by molar-refractivity contribution is -0.125. The van der Waals surface area contributed by atoms with Crippen LogP contribution in [-0.2, 0) is 18.4 Å². The van der Waals surface area contributed by atoms with E-state index in [4.69, 9.17) is 9.72 Å². The lowest BCUT2D eigenvalue weighted by Gasteiger charge is -2.32. The fraction of sp³-hybridized carbons (Fsp3) is 0.364. The van der Waals surface area contributed by atoms with E-state index in [0.717, 1.165) is 47.7 Å². The number of carbonyl (C=O) groups excluding carboxylic acids is 1. The van der Waals surface area contributed by atoms with Crippen molar-refractivity contribution in [2.75, 3.05) is 25.1 Å². The van der Waals surface area contributed by atoms with Gasteiger partial charge < -0.3 is 19.5 Å². The number of hydrogen-bond acceptors (Lipinski definition) is 4. The minimum atomic E-state index is -0.0285. The Bertz CT molecular complexity index is 982. The van der Waals surface area contributed by atoms with Crippen LogP contribution in [0, 0.1) is 5.92 Å². The number of ether oxygens (including phenoxy) is 1. The third kappa shape index (κ3) is 3.67. The number of nitrogens with zero attached hydrogens (tertiary/aromatic N) is 3. The number of piperidine rings is 1. The quantitative estimate of drug-likeness (QED) is 0.741. The van der Waals surface area contributed by atoms with Crippen LogP contribution in [0.3, 0.4) is 0 Å². The van der Waals surface area contributed by atoms with E-state index in [1.54, 1.807) is 7.11 Å². The molecule has 6 heteroatoms. The van der Waals surface area contributed by atoms with Crippen molar-refractivity contribution >= 4 is 22.9 Å². The van der Waals surface area contributed by atoms with Gasteiger partial charge in [0.25, 0.3) is 0 Å². The maximum Gasteiger partial charge on any atom is 0.225 e. The zero-order valence-electron chi connectivity index (χ0n) is 16.4. The Morgan fingerprint density at radius 3 is 2.93 bits per heavy atom. The summed E-state index contributed by atoms with van der Waals surface area (Å²) in [4.78, 5) is 19.8. The van der Waals surface area contributed by atoms with Crippen molar-refractivity contribution in [1.82, 2.24) is 14.9 Å². The topological polar surface area (TPSA) is 59.4 Å². The van der Waals surface area contributed by atoms with E-state index < -0.39 is 0 Å². The van der Waals surface area contributed by atoms with Crippen molar-refractivity contribution < 1.29 is 9.53 Å². The first kappa shape index (κ1) is 18.3. The standard InChI is InChI=1S/C22H26N4O2/c1-25-20-11-4-3-10-19(20)24-22(25)26-12-6-8-17(15-26)21(27)23-14-16-7-5-9-18(13-16)28-2/h3-5,7,9-11,13,17H,6,8,12,14-15H2,1-2H3,(H,23,27). The molecular formula is C22H26N4O2. The molecule has 146 valence electrons. The van der Waals surface area contributed by atoms with Gasteiger partial charge in [-0.2, -0.15) is 0 Å². The normalized spacial score (nSPS) is 16.9. The Kier molecular flexibility index (Phi) is 5.19. The number of imidazole rings is 1. The number of carbonyl (C=O) groups is 1. The zero-order valence-corrected chi connectivity index (χ0v) is 16.4. The van der Waals surface area contributed by atoms with Gasteiger partial charge in [0.2, 0.25) is 11.9 Å². The molecule has 0 spiro atoms. The summed E-state index contributed by atoms with van der Waals surface area (Å²) < 4.78 is 7.37. The molecule has 0 radical (unpaired) electrons. The second kappa shape index (κ2) is 7.92. The molecule has 1 saturated heterocycles. The number of benzene rings is 2. The number of fused-ring (bicyclic) bond motifs is 1. The van der Waals surface area contributed by atoms with Crippen LogP contribution < -0.4 is 15.0 Å². The molecule has 1 aliphatic rings. The summed E-state index contributed by atoms with van der Waals surface area (Å²) in [5, 5.41) is 3.08. The number of rotatable bonds is 5. The van der Waals surface area contributed by atoms with Crippen molar-refractivity contribution in [3.63, 3.8) is 0 Å². The molecule has 2 heterocycles. The van der Waals surface area contributed by atoms with Crippen LogP contribution in [0.4, 0.5) is 5.95 Å². The molecule has 6 nitrogen and oxygen atoms in total. The average Bonchev–Trinajstić information content (AvgIpc) is 3.09. The van der Waals surface area contributed by atoms with E-state index in [1.807, 2.05) is 49.5 Å². The summed E-state index contributed by atoms with van der Waals surface area (Å²) in [6.07, 6.45) is 1.89. The predicted octanol–water partition coefficient (Wildman–Crippen LogP) is 3.11. The molecule has 1 amide bonds. The van der Waals surface area contributed by atoms with Crippen molar-refractivity contribution in [3.8, 4) is 5.75 Å². The number of hydrogen-bond donors (Lipinski definition) is 1. The molecule has 2 aromatic carbocycles. The van der Waals surface area contributed by atoms with Gasteiger partial charge in [0.1, 0.15) is 5.75 Å². The molecule has 1 atom stereocenters. The monoisotopic (exact) mass is 378 g/mol. The minimum Gasteiger partial charge on any atom is -0.497 e. The number of amides is 1. The first-order chi connectivity index (χ1) is 13.7. The predicted molar refractivity (Wildman–Crippen MR) is 110 cm³/mol. The SMILES string of the molecule is COc1cccc(CNC(=O)C2CCCN(c3nc4ccccc4n3C)C2)c1. The zero-order chi connectivity index (χ0) is 19.5. The molecule has 1 aromatic heterocycles. The lowest BCUT2D eigenvalue weighted by atomic mass is 9.97.